The van der Waals surface area contributed by atoms with E-state index < -0.39 is 0 Å². The number of anilines is 2. The number of hydrazine groups is 1. The number of benzene rings is 1. The predicted molar refractivity (Wildman–Crippen MR) is 65.8 cm³/mol. The van der Waals surface area contributed by atoms with Crippen LogP contribution in [0, 0.1) is 5.82 Å². The molecule has 0 saturated carbocycles. The Balaban J connectivity index is 2.02. The molecule has 0 aliphatic heterocycles. The Kier molecular flexibility index (Phi) is 3.52. The monoisotopic (exact) mass is 232 g/mol. The Morgan fingerprint density at radius 2 is 2.12 bits per heavy atom. The molecule has 1 heterocycles. The summed E-state index contributed by atoms with van der Waals surface area (Å²) in [5.41, 5.74) is 4.21. The van der Waals surface area contributed by atoms with Gasteiger partial charge >= 0.3 is 0 Å². The molecular formula is C12H13FN4. The molecule has 0 radical (unpaired) electrons. The number of rotatable bonds is 4. The number of hydrogen-bond donors (Lipinski definition) is 3. The van der Waals surface area contributed by atoms with Crippen molar-refractivity contribution in [2.45, 2.75) is 6.54 Å². The van der Waals surface area contributed by atoms with Gasteiger partial charge in [0.05, 0.1) is 0 Å². The second-order valence-corrected chi connectivity index (χ2v) is 3.56. The lowest BCUT2D eigenvalue weighted by Crippen LogP contribution is -2.09. The van der Waals surface area contributed by atoms with Crippen LogP contribution in [0.25, 0.3) is 0 Å². The van der Waals surface area contributed by atoms with Crippen molar-refractivity contribution < 1.29 is 4.39 Å². The van der Waals surface area contributed by atoms with E-state index in [0.717, 1.165) is 11.3 Å². The van der Waals surface area contributed by atoms with Crippen molar-refractivity contribution in [3.63, 3.8) is 0 Å². The van der Waals surface area contributed by atoms with Crippen LogP contribution < -0.4 is 16.6 Å². The highest BCUT2D eigenvalue weighted by Gasteiger charge is 1.97. The van der Waals surface area contributed by atoms with Crippen LogP contribution in [-0.2, 0) is 6.54 Å². The van der Waals surface area contributed by atoms with Gasteiger partial charge in [0.2, 0.25) is 0 Å². The fourth-order valence-corrected chi connectivity index (χ4v) is 1.47. The molecular weight excluding hydrogens is 219 g/mol. The standard InChI is InChI=1S/C12H13FN4/c13-10-3-1-2-9(6-10)8-16-11-4-5-15-12(7-11)17-14/h1-7H,8,14H2,(H2,15,16,17). The molecule has 1 aromatic heterocycles. The van der Waals surface area contributed by atoms with Crippen molar-refractivity contribution in [2.24, 2.45) is 5.84 Å². The normalized spacial score (nSPS) is 10.0. The third-order valence-corrected chi connectivity index (χ3v) is 2.29. The summed E-state index contributed by atoms with van der Waals surface area (Å²) in [7, 11) is 0. The van der Waals surface area contributed by atoms with Gasteiger partial charge < -0.3 is 10.7 Å². The number of nitrogens with one attached hydrogen (secondary N) is 2. The third-order valence-electron chi connectivity index (χ3n) is 2.29. The highest BCUT2D eigenvalue weighted by molar-refractivity contribution is 5.51. The number of aromatic nitrogens is 1. The first-order valence-electron chi connectivity index (χ1n) is 5.19. The number of halogens is 1. The molecule has 4 nitrogen and oxygen atoms in total. The zero-order chi connectivity index (χ0) is 12.1. The first-order valence-corrected chi connectivity index (χ1v) is 5.19. The Morgan fingerprint density at radius 1 is 1.24 bits per heavy atom. The van der Waals surface area contributed by atoms with Crippen molar-refractivity contribution in [3.8, 4) is 0 Å². The van der Waals surface area contributed by atoms with Crippen LogP contribution in [0.3, 0.4) is 0 Å². The second kappa shape index (κ2) is 5.27. The lowest BCUT2D eigenvalue weighted by atomic mass is 10.2. The second-order valence-electron chi connectivity index (χ2n) is 3.56. The summed E-state index contributed by atoms with van der Waals surface area (Å²) in [4.78, 5) is 3.99. The van der Waals surface area contributed by atoms with Gasteiger partial charge in [-0.1, -0.05) is 12.1 Å². The van der Waals surface area contributed by atoms with E-state index >= 15 is 0 Å². The van der Waals surface area contributed by atoms with Crippen LogP contribution in [0.15, 0.2) is 42.6 Å². The quantitative estimate of drug-likeness (QED) is 0.558. The largest absolute Gasteiger partial charge is 0.381 e. The predicted octanol–water partition coefficient (Wildman–Crippen LogP) is 2.12. The Hall–Kier alpha value is -2.14. The molecule has 88 valence electrons. The highest BCUT2D eigenvalue weighted by Crippen LogP contribution is 2.12. The van der Waals surface area contributed by atoms with E-state index in [4.69, 9.17) is 5.84 Å². The van der Waals surface area contributed by atoms with Crippen LogP contribution in [0.4, 0.5) is 15.9 Å². The third kappa shape index (κ3) is 3.15. The van der Waals surface area contributed by atoms with Gasteiger partial charge in [0, 0.05) is 24.5 Å². The van der Waals surface area contributed by atoms with Gasteiger partial charge in [-0.15, -0.1) is 0 Å². The summed E-state index contributed by atoms with van der Waals surface area (Å²) in [6.45, 7) is 0.547. The van der Waals surface area contributed by atoms with Crippen molar-refractivity contribution in [3.05, 3.63) is 54.0 Å². The van der Waals surface area contributed by atoms with Crippen LogP contribution in [0.5, 0.6) is 0 Å². The van der Waals surface area contributed by atoms with E-state index in [1.165, 1.54) is 12.1 Å². The molecule has 17 heavy (non-hydrogen) atoms. The zero-order valence-corrected chi connectivity index (χ0v) is 9.15. The fourth-order valence-electron chi connectivity index (χ4n) is 1.47. The average molecular weight is 232 g/mol. The molecule has 0 amide bonds. The maximum absolute atomic E-state index is 12.9. The molecule has 2 aromatic rings. The summed E-state index contributed by atoms with van der Waals surface area (Å²) >= 11 is 0. The van der Waals surface area contributed by atoms with Crippen LogP contribution in [0.1, 0.15) is 5.56 Å². The smallest absolute Gasteiger partial charge is 0.141 e. The topological polar surface area (TPSA) is 63.0 Å². The Labute approximate surface area is 98.6 Å². The molecule has 0 bridgehead atoms. The number of nitrogen functional groups attached to an aromatic ring is 1. The minimum Gasteiger partial charge on any atom is -0.381 e. The van der Waals surface area contributed by atoms with E-state index in [0.29, 0.717) is 12.4 Å². The van der Waals surface area contributed by atoms with Crippen LogP contribution in [0.2, 0.25) is 0 Å². The molecule has 0 aliphatic rings. The minimum atomic E-state index is -0.233. The molecule has 2 rings (SSSR count). The van der Waals surface area contributed by atoms with Gasteiger partial charge in [0.1, 0.15) is 11.6 Å². The molecule has 0 atom stereocenters. The van der Waals surface area contributed by atoms with Gasteiger partial charge in [-0.05, 0) is 23.8 Å². The molecule has 0 fully saturated rings. The Bertz CT molecular complexity index is 501. The van der Waals surface area contributed by atoms with E-state index in [9.17, 15) is 4.39 Å². The molecule has 0 spiro atoms. The van der Waals surface area contributed by atoms with E-state index in [2.05, 4.69) is 15.7 Å². The molecule has 5 heteroatoms. The number of nitrogens with zero attached hydrogens (tertiary/aromatic N) is 1. The molecule has 0 aliphatic carbocycles. The maximum Gasteiger partial charge on any atom is 0.141 e. The minimum absolute atomic E-state index is 0.233. The summed E-state index contributed by atoms with van der Waals surface area (Å²) in [5, 5.41) is 3.16. The van der Waals surface area contributed by atoms with Gasteiger partial charge in [-0.2, -0.15) is 0 Å². The van der Waals surface area contributed by atoms with Crippen LogP contribution in [-0.4, -0.2) is 4.98 Å². The van der Waals surface area contributed by atoms with Crippen LogP contribution >= 0.6 is 0 Å². The average Bonchev–Trinajstić information content (AvgIpc) is 2.37. The fraction of sp³-hybridized carbons (Fsp3) is 0.0833. The Morgan fingerprint density at radius 3 is 2.88 bits per heavy atom. The van der Waals surface area contributed by atoms with Crippen molar-refractivity contribution in [1.82, 2.24) is 4.98 Å². The number of hydrogen-bond acceptors (Lipinski definition) is 4. The van der Waals surface area contributed by atoms with E-state index in [1.54, 1.807) is 18.3 Å². The van der Waals surface area contributed by atoms with E-state index in [1.807, 2.05) is 12.1 Å². The lowest BCUT2D eigenvalue weighted by molar-refractivity contribution is 0.626. The number of nitrogens with two attached hydrogens (primary N) is 1. The van der Waals surface area contributed by atoms with Crippen molar-refractivity contribution in [2.75, 3.05) is 10.7 Å². The van der Waals surface area contributed by atoms with Crippen molar-refractivity contribution in [1.29, 1.82) is 0 Å². The molecule has 0 unspecified atom stereocenters. The summed E-state index contributed by atoms with van der Waals surface area (Å²) < 4.78 is 12.9. The number of pyridine rings is 1. The summed E-state index contributed by atoms with van der Waals surface area (Å²) in [5.74, 6) is 5.60. The van der Waals surface area contributed by atoms with Gasteiger partial charge in [-0.25, -0.2) is 15.2 Å². The summed E-state index contributed by atoms with van der Waals surface area (Å²) in [6, 6.07) is 10.1. The molecule has 1 aromatic carbocycles. The van der Waals surface area contributed by atoms with Gasteiger partial charge in [0.15, 0.2) is 0 Å². The maximum atomic E-state index is 12.9. The zero-order valence-electron chi connectivity index (χ0n) is 9.15. The first kappa shape index (κ1) is 11.3. The molecule has 4 N–H and O–H groups in total. The van der Waals surface area contributed by atoms with Crippen molar-refractivity contribution >= 4 is 11.5 Å². The SMILES string of the molecule is NNc1cc(NCc2cccc(F)c2)ccn1. The highest BCUT2D eigenvalue weighted by atomic mass is 19.1. The van der Waals surface area contributed by atoms with E-state index in [-0.39, 0.29) is 5.82 Å². The van der Waals surface area contributed by atoms with Gasteiger partial charge in [-0.3, -0.25) is 0 Å². The lowest BCUT2D eigenvalue weighted by Gasteiger charge is -2.07. The summed E-state index contributed by atoms with van der Waals surface area (Å²) in [6.07, 6.45) is 1.64. The first-order chi connectivity index (χ1) is 8.28. The van der Waals surface area contributed by atoms with Gasteiger partial charge in [0.25, 0.3) is 0 Å². The molecule has 0 saturated heterocycles.